The predicted molar refractivity (Wildman–Crippen MR) is 54.8 cm³/mol. The zero-order valence-corrected chi connectivity index (χ0v) is 8.59. The number of hydrogen-bond acceptors (Lipinski definition) is 2. The zero-order valence-electron chi connectivity index (χ0n) is 8.59. The number of benzene rings is 1. The third-order valence-corrected chi connectivity index (χ3v) is 3.13. The molecule has 0 N–H and O–H groups in total. The van der Waals surface area contributed by atoms with Crippen molar-refractivity contribution in [3.8, 4) is 0 Å². The van der Waals surface area contributed by atoms with Crippen molar-refractivity contribution < 1.29 is 9.18 Å². The highest BCUT2D eigenvalue weighted by molar-refractivity contribution is 5.41. The van der Waals surface area contributed by atoms with E-state index in [9.17, 15) is 9.18 Å². The fraction of sp³-hybridized carbons (Fsp3) is 0.417. The number of halogens is 1. The van der Waals surface area contributed by atoms with Gasteiger partial charge in [-0.2, -0.15) is 4.99 Å². The van der Waals surface area contributed by atoms with E-state index in [1.807, 2.05) is 0 Å². The van der Waals surface area contributed by atoms with Gasteiger partial charge in [0.2, 0.25) is 6.08 Å². The van der Waals surface area contributed by atoms with Crippen molar-refractivity contribution in [1.82, 2.24) is 0 Å². The summed E-state index contributed by atoms with van der Waals surface area (Å²) in [6, 6.07) is 5.23. The van der Waals surface area contributed by atoms with Gasteiger partial charge in [-0.1, -0.05) is 18.2 Å². The van der Waals surface area contributed by atoms with Crippen LogP contribution in [-0.2, 0) is 10.3 Å². The molecule has 2 nitrogen and oxygen atoms in total. The summed E-state index contributed by atoms with van der Waals surface area (Å²) in [5.41, 5.74) is 0.509. The van der Waals surface area contributed by atoms with E-state index < -0.39 is 5.54 Å². The molecule has 78 valence electrons. The maximum atomic E-state index is 13.9. The molecule has 0 bridgehead atoms. The van der Waals surface area contributed by atoms with Gasteiger partial charge >= 0.3 is 0 Å². The second-order valence-corrected chi connectivity index (χ2v) is 4.02. The summed E-state index contributed by atoms with van der Waals surface area (Å²) >= 11 is 0. The van der Waals surface area contributed by atoms with E-state index in [-0.39, 0.29) is 5.82 Å². The minimum absolute atomic E-state index is 0.240. The van der Waals surface area contributed by atoms with Gasteiger partial charge in [0, 0.05) is 5.56 Å². The molecule has 1 saturated carbocycles. The Morgan fingerprint density at radius 3 is 2.73 bits per heavy atom. The number of aliphatic imine (C=N–C) groups is 1. The zero-order chi connectivity index (χ0) is 10.9. The predicted octanol–water partition coefficient (Wildman–Crippen LogP) is 2.85. The minimum Gasteiger partial charge on any atom is -0.211 e. The van der Waals surface area contributed by atoms with E-state index in [2.05, 4.69) is 4.99 Å². The largest absolute Gasteiger partial charge is 0.235 e. The summed E-state index contributed by atoms with van der Waals surface area (Å²) < 4.78 is 13.9. The monoisotopic (exact) mass is 205 g/mol. The summed E-state index contributed by atoms with van der Waals surface area (Å²) in [5, 5.41) is 0. The van der Waals surface area contributed by atoms with Gasteiger partial charge in [-0.05, 0) is 31.7 Å². The Labute approximate surface area is 87.8 Å². The molecule has 1 fully saturated rings. The molecule has 15 heavy (non-hydrogen) atoms. The van der Waals surface area contributed by atoms with Gasteiger partial charge in [-0.15, -0.1) is 0 Å². The van der Waals surface area contributed by atoms with Crippen LogP contribution in [0.4, 0.5) is 4.39 Å². The van der Waals surface area contributed by atoms with Crippen LogP contribution in [0.5, 0.6) is 0 Å². The molecule has 0 aliphatic heterocycles. The third kappa shape index (κ3) is 1.49. The van der Waals surface area contributed by atoms with Crippen LogP contribution in [-0.4, -0.2) is 6.08 Å². The molecule has 1 aliphatic rings. The molecule has 0 saturated heterocycles. The SMILES string of the molecule is Cc1cccc(C2(N=C=O)CCC2)c1F. The summed E-state index contributed by atoms with van der Waals surface area (Å²) in [5.74, 6) is -0.240. The number of hydrogen-bond donors (Lipinski definition) is 0. The Kier molecular flexibility index (Phi) is 2.41. The first-order chi connectivity index (χ1) is 7.19. The quantitative estimate of drug-likeness (QED) is 0.539. The molecule has 2 rings (SSSR count). The molecule has 0 atom stereocenters. The van der Waals surface area contributed by atoms with Crippen LogP contribution in [0.2, 0.25) is 0 Å². The lowest BCUT2D eigenvalue weighted by atomic mass is 9.72. The average Bonchev–Trinajstić information content (AvgIpc) is 2.17. The highest BCUT2D eigenvalue weighted by Gasteiger charge is 2.40. The molecule has 3 heteroatoms. The standard InChI is InChI=1S/C12H12FNO/c1-9-4-2-5-10(11(9)13)12(14-8-15)6-3-7-12/h2,4-5H,3,6-7H2,1H3. The molecule has 0 unspecified atom stereocenters. The smallest absolute Gasteiger partial charge is 0.211 e. The molecule has 0 heterocycles. The van der Waals surface area contributed by atoms with Crippen molar-refractivity contribution >= 4 is 6.08 Å². The molecular weight excluding hydrogens is 193 g/mol. The van der Waals surface area contributed by atoms with Crippen LogP contribution >= 0.6 is 0 Å². The van der Waals surface area contributed by atoms with E-state index >= 15 is 0 Å². The normalized spacial score (nSPS) is 17.7. The van der Waals surface area contributed by atoms with Gasteiger partial charge in [-0.25, -0.2) is 9.18 Å². The highest BCUT2D eigenvalue weighted by Crippen LogP contribution is 2.45. The summed E-state index contributed by atoms with van der Waals surface area (Å²) in [6.07, 6.45) is 4.03. The van der Waals surface area contributed by atoms with Crippen molar-refractivity contribution in [1.29, 1.82) is 0 Å². The molecule has 1 aromatic carbocycles. The summed E-state index contributed by atoms with van der Waals surface area (Å²) in [4.78, 5) is 14.2. The molecule has 0 aromatic heterocycles. The molecule has 0 radical (unpaired) electrons. The number of isocyanates is 1. The van der Waals surface area contributed by atoms with Crippen molar-refractivity contribution in [2.75, 3.05) is 0 Å². The van der Waals surface area contributed by atoms with Crippen LogP contribution in [0.25, 0.3) is 0 Å². The highest BCUT2D eigenvalue weighted by atomic mass is 19.1. The lowest BCUT2D eigenvalue weighted by molar-refractivity contribution is 0.247. The van der Waals surface area contributed by atoms with Crippen molar-refractivity contribution in [2.24, 2.45) is 4.99 Å². The van der Waals surface area contributed by atoms with Gasteiger partial charge < -0.3 is 0 Å². The van der Waals surface area contributed by atoms with Gasteiger partial charge in [0.15, 0.2) is 0 Å². The molecule has 0 spiro atoms. The minimum atomic E-state index is -0.627. The van der Waals surface area contributed by atoms with E-state index in [4.69, 9.17) is 0 Å². The summed E-state index contributed by atoms with van der Waals surface area (Å²) in [7, 11) is 0. The van der Waals surface area contributed by atoms with Crippen LogP contribution in [0.15, 0.2) is 23.2 Å². The van der Waals surface area contributed by atoms with Crippen molar-refractivity contribution in [3.05, 3.63) is 35.1 Å². The molecule has 0 amide bonds. The number of rotatable bonds is 2. The molecule has 1 aliphatic carbocycles. The fourth-order valence-corrected chi connectivity index (χ4v) is 2.05. The molecular formula is C12H12FNO. The first-order valence-electron chi connectivity index (χ1n) is 5.04. The number of carbonyl (C=O) groups excluding carboxylic acids is 1. The second kappa shape index (κ2) is 3.59. The summed E-state index contributed by atoms with van der Waals surface area (Å²) in [6.45, 7) is 1.72. The van der Waals surface area contributed by atoms with Crippen molar-refractivity contribution in [3.63, 3.8) is 0 Å². The maximum absolute atomic E-state index is 13.9. The Balaban J connectivity index is 2.52. The Bertz CT molecular complexity index is 431. The van der Waals surface area contributed by atoms with Crippen LogP contribution < -0.4 is 0 Å². The van der Waals surface area contributed by atoms with Gasteiger partial charge in [0.05, 0.1) is 0 Å². The van der Waals surface area contributed by atoms with Crippen LogP contribution in [0.3, 0.4) is 0 Å². The van der Waals surface area contributed by atoms with E-state index in [0.29, 0.717) is 11.1 Å². The van der Waals surface area contributed by atoms with Crippen molar-refractivity contribution in [2.45, 2.75) is 31.7 Å². The second-order valence-electron chi connectivity index (χ2n) is 4.02. The lowest BCUT2D eigenvalue weighted by Gasteiger charge is -2.37. The number of nitrogens with zero attached hydrogens (tertiary/aromatic N) is 1. The first kappa shape index (κ1) is 10.1. The first-order valence-corrected chi connectivity index (χ1v) is 5.04. The third-order valence-electron chi connectivity index (χ3n) is 3.13. The Morgan fingerprint density at radius 1 is 1.47 bits per heavy atom. The Hall–Kier alpha value is -1.47. The maximum Gasteiger partial charge on any atom is 0.235 e. The number of aryl methyl sites for hydroxylation is 1. The van der Waals surface area contributed by atoms with Gasteiger partial charge in [0.25, 0.3) is 0 Å². The lowest BCUT2D eigenvalue weighted by Crippen LogP contribution is -2.33. The Morgan fingerprint density at radius 2 is 2.20 bits per heavy atom. The van der Waals surface area contributed by atoms with Crippen LogP contribution in [0.1, 0.15) is 30.4 Å². The van der Waals surface area contributed by atoms with E-state index in [1.165, 1.54) is 0 Å². The fourth-order valence-electron chi connectivity index (χ4n) is 2.05. The van der Waals surface area contributed by atoms with Crippen LogP contribution in [0, 0.1) is 12.7 Å². The van der Waals surface area contributed by atoms with E-state index in [0.717, 1.165) is 19.3 Å². The van der Waals surface area contributed by atoms with Gasteiger partial charge in [-0.3, -0.25) is 0 Å². The van der Waals surface area contributed by atoms with E-state index in [1.54, 1.807) is 31.2 Å². The molecule has 1 aromatic rings. The topological polar surface area (TPSA) is 29.4 Å². The average molecular weight is 205 g/mol. The van der Waals surface area contributed by atoms with Gasteiger partial charge in [0.1, 0.15) is 11.4 Å².